The van der Waals surface area contributed by atoms with Gasteiger partial charge in [0, 0.05) is 12.3 Å². The molecule has 0 aliphatic heterocycles. The molecule has 0 saturated heterocycles. The second-order valence-electron chi connectivity index (χ2n) is 6.48. The Morgan fingerprint density at radius 3 is 2.71 bits per heavy atom. The van der Waals surface area contributed by atoms with Crippen molar-refractivity contribution in [2.75, 3.05) is 0 Å². The minimum absolute atomic E-state index is 0.00863. The van der Waals surface area contributed by atoms with Crippen LogP contribution >= 0.6 is 0 Å². The number of pyridine rings is 1. The number of rotatable bonds is 5. The fraction of sp³-hybridized carbons (Fsp3) is 0.136. The first-order valence-corrected chi connectivity index (χ1v) is 8.93. The summed E-state index contributed by atoms with van der Waals surface area (Å²) in [5, 5.41) is 9.29. The van der Waals surface area contributed by atoms with Gasteiger partial charge < -0.3 is 14.3 Å². The number of ether oxygens (including phenoxy) is 1. The number of nitrogens with one attached hydrogen (secondary N) is 1. The molecule has 2 aromatic heterocycles. The molecular formula is C22H18N4O2. The second-order valence-corrected chi connectivity index (χ2v) is 6.48. The summed E-state index contributed by atoms with van der Waals surface area (Å²) in [6.07, 6.45) is 1.53. The standard InChI is InChI=1S/C22H18N4O2/c1-15(17-5-3-2-4-6-17)26-20-11-16(12-23)7-9-19(20)25-21(26)14-28-18-8-10-22(27)24-13-18/h2-11,13,15H,14H2,1H3,(H,24,27)/t15-/m0/s1. The van der Waals surface area contributed by atoms with Crippen LogP contribution in [0.3, 0.4) is 0 Å². The molecular weight excluding hydrogens is 352 g/mol. The molecule has 0 aliphatic rings. The number of aromatic nitrogens is 3. The van der Waals surface area contributed by atoms with Crippen molar-refractivity contribution < 1.29 is 4.74 Å². The molecule has 0 bridgehead atoms. The number of hydrogen-bond donors (Lipinski definition) is 1. The van der Waals surface area contributed by atoms with E-state index in [-0.39, 0.29) is 18.2 Å². The van der Waals surface area contributed by atoms with Crippen molar-refractivity contribution in [3.63, 3.8) is 0 Å². The van der Waals surface area contributed by atoms with Gasteiger partial charge in [0.25, 0.3) is 0 Å². The van der Waals surface area contributed by atoms with Gasteiger partial charge in [-0.05, 0) is 36.8 Å². The highest BCUT2D eigenvalue weighted by Crippen LogP contribution is 2.27. The van der Waals surface area contributed by atoms with E-state index in [1.54, 1.807) is 12.1 Å². The van der Waals surface area contributed by atoms with Gasteiger partial charge in [-0.25, -0.2) is 4.98 Å². The van der Waals surface area contributed by atoms with Gasteiger partial charge in [0.05, 0.1) is 28.7 Å². The quantitative estimate of drug-likeness (QED) is 0.579. The lowest BCUT2D eigenvalue weighted by molar-refractivity contribution is 0.287. The third-order valence-electron chi connectivity index (χ3n) is 4.68. The molecule has 2 aromatic carbocycles. The normalized spacial score (nSPS) is 11.9. The van der Waals surface area contributed by atoms with Crippen LogP contribution in [0.25, 0.3) is 11.0 Å². The van der Waals surface area contributed by atoms with Crippen LogP contribution in [0.1, 0.15) is 29.9 Å². The molecule has 2 heterocycles. The lowest BCUT2D eigenvalue weighted by atomic mass is 10.1. The molecule has 1 N–H and O–H groups in total. The SMILES string of the molecule is C[C@@H](c1ccccc1)n1c(COc2ccc(=O)[nH]c2)nc2ccc(C#N)cc21. The maximum Gasteiger partial charge on any atom is 0.248 e. The first kappa shape index (κ1) is 17.6. The van der Waals surface area contributed by atoms with Gasteiger partial charge in [-0.3, -0.25) is 4.79 Å². The Labute approximate surface area is 161 Å². The largest absolute Gasteiger partial charge is 0.484 e. The van der Waals surface area contributed by atoms with Crippen molar-refractivity contribution in [1.82, 2.24) is 14.5 Å². The minimum atomic E-state index is -0.179. The van der Waals surface area contributed by atoms with E-state index in [9.17, 15) is 10.1 Å². The van der Waals surface area contributed by atoms with E-state index in [1.165, 1.54) is 12.3 Å². The number of nitrogens with zero attached hydrogens (tertiary/aromatic N) is 3. The summed E-state index contributed by atoms with van der Waals surface area (Å²) >= 11 is 0. The zero-order chi connectivity index (χ0) is 19.5. The van der Waals surface area contributed by atoms with Crippen LogP contribution in [0, 0.1) is 11.3 Å². The Balaban J connectivity index is 1.77. The van der Waals surface area contributed by atoms with Gasteiger partial charge >= 0.3 is 0 Å². The fourth-order valence-corrected chi connectivity index (χ4v) is 3.26. The highest BCUT2D eigenvalue weighted by molar-refractivity contribution is 5.78. The van der Waals surface area contributed by atoms with Crippen LogP contribution in [-0.4, -0.2) is 14.5 Å². The summed E-state index contributed by atoms with van der Waals surface area (Å²) in [4.78, 5) is 18.5. The molecule has 6 heteroatoms. The number of nitriles is 1. The van der Waals surface area contributed by atoms with E-state index in [0.717, 1.165) is 22.4 Å². The van der Waals surface area contributed by atoms with E-state index in [1.807, 2.05) is 30.3 Å². The number of aromatic amines is 1. The Morgan fingerprint density at radius 1 is 1.18 bits per heavy atom. The highest BCUT2D eigenvalue weighted by Gasteiger charge is 2.18. The average molecular weight is 370 g/mol. The summed E-state index contributed by atoms with van der Waals surface area (Å²) in [7, 11) is 0. The number of hydrogen-bond acceptors (Lipinski definition) is 4. The summed E-state index contributed by atoms with van der Waals surface area (Å²) < 4.78 is 7.94. The Hall–Kier alpha value is -3.85. The van der Waals surface area contributed by atoms with Gasteiger partial charge in [0.1, 0.15) is 18.2 Å². The first-order chi connectivity index (χ1) is 13.7. The Morgan fingerprint density at radius 2 is 2.00 bits per heavy atom. The third kappa shape index (κ3) is 3.38. The summed E-state index contributed by atoms with van der Waals surface area (Å²) in [6, 6.07) is 20.8. The van der Waals surface area contributed by atoms with E-state index in [0.29, 0.717) is 11.3 Å². The first-order valence-electron chi connectivity index (χ1n) is 8.93. The monoisotopic (exact) mass is 370 g/mol. The van der Waals surface area contributed by atoms with Crippen LogP contribution in [-0.2, 0) is 6.61 Å². The highest BCUT2D eigenvalue weighted by atomic mass is 16.5. The fourth-order valence-electron chi connectivity index (χ4n) is 3.26. The molecule has 0 aliphatic carbocycles. The molecule has 4 rings (SSSR count). The predicted octanol–water partition coefficient (Wildman–Crippen LogP) is 3.78. The lowest BCUT2D eigenvalue weighted by Crippen LogP contribution is -2.13. The van der Waals surface area contributed by atoms with Crippen LogP contribution in [0.4, 0.5) is 0 Å². The number of H-pyrrole nitrogens is 1. The minimum Gasteiger partial charge on any atom is -0.484 e. The molecule has 1 atom stereocenters. The molecule has 0 amide bonds. The Kier molecular flexibility index (Phi) is 4.65. The molecule has 0 unspecified atom stereocenters. The molecule has 138 valence electrons. The molecule has 28 heavy (non-hydrogen) atoms. The topological polar surface area (TPSA) is 83.7 Å². The van der Waals surface area contributed by atoms with E-state index >= 15 is 0 Å². The van der Waals surface area contributed by atoms with Crippen molar-refractivity contribution in [2.45, 2.75) is 19.6 Å². The van der Waals surface area contributed by atoms with Gasteiger partial charge in [0.15, 0.2) is 0 Å². The summed E-state index contributed by atoms with van der Waals surface area (Å²) in [5.41, 5.74) is 3.23. The molecule has 6 nitrogen and oxygen atoms in total. The van der Waals surface area contributed by atoms with E-state index < -0.39 is 0 Å². The molecule has 0 spiro atoms. The van der Waals surface area contributed by atoms with Crippen LogP contribution in [0.2, 0.25) is 0 Å². The molecule has 0 fully saturated rings. The molecule has 0 radical (unpaired) electrons. The van der Waals surface area contributed by atoms with Crippen molar-refractivity contribution >= 4 is 11.0 Å². The number of imidazole rings is 1. The van der Waals surface area contributed by atoms with Gasteiger partial charge in [-0.2, -0.15) is 5.26 Å². The van der Waals surface area contributed by atoms with Crippen molar-refractivity contribution in [3.05, 3.63) is 94.2 Å². The zero-order valence-corrected chi connectivity index (χ0v) is 15.3. The second kappa shape index (κ2) is 7.41. The van der Waals surface area contributed by atoms with Crippen LogP contribution in [0.15, 0.2) is 71.7 Å². The molecule has 4 aromatic rings. The van der Waals surface area contributed by atoms with E-state index in [4.69, 9.17) is 9.72 Å². The van der Waals surface area contributed by atoms with Gasteiger partial charge in [-0.1, -0.05) is 30.3 Å². The Bertz CT molecular complexity index is 1200. The van der Waals surface area contributed by atoms with Crippen molar-refractivity contribution in [3.8, 4) is 11.8 Å². The van der Waals surface area contributed by atoms with Crippen LogP contribution < -0.4 is 10.3 Å². The maximum absolute atomic E-state index is 11.2. The lowest BCUT2D eigenvalue weighted by Gasteiger charge is -2.18. The zero-order valence-electron chi connectivity index (χ0n) is 15.3. The smallest absolute Gasteiger partial charge is 0.248 e. The van der Waals surface area contributed by atoms with E-state index in [2.05, 4.69) is 34.7 Å². The van der Waals surface area contributed by atoms with Gasteiger partial charge in [-0.15, -0.1) is 0 Å². The van der Waals surface area contributed by atoms with Crippen LogP contribution in [0.5, 0.6) is 5.75 Å². The number of fused-ring (bicyclic) bond motifs is 1. The van der Waals surface area contributed by atoms with Crippen molar-refractivity contribution in [1.29, 1.82) is 5.26 Å². The average Bonchev–Trinajstić information content (AvgIpc) is 3.10. The molecule has 0 saturated carbocycles. The van der Waals surface area contributed by atoms with Crippen molar-refractivity contribution in [2.24, 2.45) is 0 Å². The summed E-state index contributed by atoms with van der Waals surface area (Å²) in [5.74, 6) is 1.30. The maximum atomic E-state index is 11.2. The van der Waals surface area contributed by atoms with Gasteiger partial charge in [0.2, 0.25) is 5.56 Å². The predicted molar refractivity (Wildman–Crippen MR) is 106 cm³/mol. The third-order valence-corrected chi connectivity index (χ3v) is 4.68. The number of benzene rings is 2. The summed E-state index contributed by atoms with van der Waals surface area (Å²) in [6.45, 7) is 2.33.